The molecule has 0 spiro atoms. The third kappa shape index (κ3) is 2.13. The van der Waals surface area contributed by atoms with Gasteiger partial charge < -0.3 is 0 Å². The second-order valence-electron chi connectivity index (χ2n) is 1.31. The summed E-state index contributed by atoms with van der Waals surface area (Å²) in [6.45, 7) is 0. The summed E-state index contributed by atoms with van der Waals surface area (Å²) < 4.78 is 41.9. The lowest BCUT2D eigenvalue weighted by Gasteiger charge is -2.07. The van der Waals surface area contributed by atoms with E-state index >= 15 is 0 Å². The van der Waals surface area contributed by atoms with Gasteiger partial charge in [-0.1, -0.05) is 8.37 Å². The van der Waals surface area contributed by atoms with Crippen molar-refractivity contribution in [3.63, 3.8) is 0 Å². The van der Waals surface area contributed by atoms with Crippen LogP contribution in [0.4, 0.5) is 13.2 Å². The zero-order valence-corrected chi connectivity index (χ0v) is 5.65. The number of hydrogen-bond donors (Lipinski definition) is 1. The smallest absolute Gasteiger partial charge is 0.245 e. The number of urea groups is 1. The number of hydrogen-bond acceptors (Lipinski definition) is 3. The van der Waals surface area contributed by atoms with Gasteiger partial charge >= 0.3 is 16.4 Å². The van der Waals surface area contributed by atoms with Crippen molar-refractivity contribution in [1.29, 1.82) is 0 Å². The number of nitrogens with one attached hydrogen (secondary N) is 1. The van der Waals surface area contributed by atoms with E-state index in [1.807, 2.05) is 0 Å². The molecule has 5 nitrogen and oxygen atoms in total. The van der Waals surface area contributed by atoms with Gasteiger partial charge in [-0.05, 0) is 0 Å². The molecule has 0 saturated carbocycles. The summed E-state index contributed by atoms with van der Waals surface area (Å²) in [6.07, 6.45) is 0. The molecule has 0 aliphatic rings. The fourth-order valence-corrected chi connectivity index (χ4v) is 0.391. The number of nitrogens with zero attached hydrogens (tertiary/aromatic N) is 1. The molecule has 1 N–H and O–H groups in total. The second kappa shape index (κ2) is 2.78. The third-order valence-electron chi connectivity index (χ3n) is 0.694. The average molecular weight is 174 g/mol. The first kappa shape index (κ1) is 9.08. The van der Waals surface area contributed by atoms with Crippen molar-refractivity contribution in [1.82, 2.24) is 9.84 Å². The highest BCUT2D eigenvalue weighted by Gasteiger charge is 2.21. The van der Waals surface area contributed by atoms with Crippen LogP contribution in [-0.2, 0) is 10.4 Å². The van der Waals surface area contributed by atoms with Crippen LogP contribution in [0.5, 0.6) is 0 Å². The Balaban J connectivity index is 4.39. The van der Waals surface area contributed by atoms with Crippen LogP contribution in [0.1, 0.15) is 0 Å². The van der Waals surface area contributed by atoms with Gasteiger partial charge in [-0.15, -0.1) is 0 Å². The normalized spacial score (nSPS) is 10.7. The quantitative estimate of drug-likeness (QED) is 0.439. The zero-order valence-electron chi connectivity index (χ0n) is 4.84. The van der Waals surface area contributed by atoms with Crippen molar-refractivity contribution < 1.29 is 21.6 Å². The second-order valence-corrected chi connectivity index (χ2v) is 2.68. The van der Waals surface area contributed by atoms with E-state index in [1.54, 1.807) is 0 Å². The molecule has 60 valence electrons. The van der Waals surface area contributed by atoms with Gasteiger partial charge in [0.15, 0.2) is 0 Å². The number of carbonyl (C=O) groups is 1. The molecule has 0 aromatic heterocycles. The molecular weight excluding hydrogens is 170 g/mol. The Kier molecular flexibility index (Phi) is 2.52. The third-order valence-corrected chi connectivity index (χ3v) is 1.51. The maximum absolute atomic E-state index is 11.7. The van der Waals surface area contributed by atoms with E-state index in [1.165, 1.54) is 0 Å². The molecule has 0 atom stereocenters. The molecule has 0 aliphatic heterocycles. The van der Waals surface area contributed by atoms with Gasteiger partial charge in [0.25, 0.3) is 0 Å². The summed E-state index contributed by atoms with van der Waals surface area (Å²) in [5.74, 6) is 0. The van der Waals surface area contributed by atoms with Crippen LogP contribution in [-0.4, -0.2) is 25.8 Å². The van der Waals surface area contributed by atoms with Gasteiger partial charge in [0.2, 0.25) is 0 Å². The van der Waals surface area contributed by atoms with E-state index in [0.717, 1.165) is 0 Å². The summed E-state index contributed by atoms with van der Waals surface area (Å²) >= 11 is 0. The van der Waals surface area contributed by atoms with Crippen LogP contribution in [0.3, 0.4) is 0 Å². The Labute approximate surface area is 55.9 Å². The van der Waals surface area contributed by atoms with Crippen molar-refractivity contribution in [2.24, 2.45) is 0 Å². The molecule has 0 fully saturated rings. The van der Waals surface area contributed by atoms with Gasteiger partial charge in [-0.25, -0.2) is 4.79 Å². The molecule has 0 radical (unpaired) electrons. The molecule has 0 aliphatic carbocycles. The molecule has 0 saturated heterocycles. The topological polar surface area (TPSA) is 66.5 Å². The molecule has 0 heterocycles. The predicted octanol–water partition coefficient (Wildman–Crippen LogP) is -0.273. The Hall–Kier alpha value is -0.920. The van der Waals surface area contributed by atoms with E-state index < -0.39 is 20.7 Å². The number of amides is 2. The first-order chi connectivity index (χ1) is 4.39. The first-order valence-electron chi connectivity index (χ1n) is 1.98. The highest BCUT2D eigenvalue weighted by molar-refractivity contribution is 7.84. The van der Waals surface area contributed by atoms with E-state index in [-0.39, 0.29) is 0 Å². The Morgan fingerprint density at radius 3 is 2.10 bits per heavy atom. The van der Waals surface area contributed by atoms with Crippen molar-refractivity contribution in [2.75, 3.05) is 7.05 Å². The maximum atomic E-state index is 11.7. The molecule has 2 amide bonds. The summed E-state index contributed by atoms with van der Waals surface area (Å²) in [7, 11) is -4.56. The van der Waals surface area contributed by atoms with Crippen molar-refractivity contribution >= 4 is 16.4 Å². The molecule has 0 aromatic carbocycles. The monoisotopic (exact) mass is 174 g/mol. The fraction of sp³-hybridized carbons (Fsp3) is 0.500. The van der Waals surface area contributed by atoms with E-state index in [9.17, 15) is 21.6 Å². The van der Waals surface area contributed by atoms with Gasteiger partial charge in [0.1, 0.15) is 0 Å². The van der Waals surface area contributed by atoms with E-state index in [4.69, 9.17) is 0 Å². The van der Waals surface area contributed by atoms with Crippen LogP contribution in [0.2, 0.25) is 0 Å². The summed E-state index contributed by atoms with van der Waals surface area (Å²) in [6, 6.07) is -1.68. The number of halogens is 2. The molecule has 10 heavy (non-hydrogen) atoms. The van der Waals surface area contributed by atoms with E-state index in [0.29, 0.717) is 12.6 Å². The van der Waals surface area contributed by atoms with Gasteiger partial charge in [-0.2, -0.15) is 18.3 Å². The maximum Gasteiger partial charge on any atom is 0.402 e. The largest absolute Gasteiger partial charge is 0.402 e. The molecule has 0 unspecified atom stereocenters. The standard InChI is InChI=1S/C2H4F2N2O3S/c1-6(2(7)5-3)10(4,8)9/h1H3,(H,5,7). The van der Waals surface area contributed by atoms with Gasteiger partial charge in [0, 0.05) is 7.05 Å². The average Bonchev–Trinajstić information content (AvgIpc) is 1.83. The molecule has 0 rings (SSSR count). The fourth-order valence-electron chi connectivity index (χ4n) is 0.159. The van der Waals surface area contributed by atoms with Crippen LogP contribution < -0.4 is 5.54 Å². The van der Waals surface area contributed by atoms with Gasteiger partial charge in [-0.3, -0.25) is 0 Å². The lowest BCUT2D eigenvalue weighted by molar-refractivity contribution is 0.202. The Morgan fingerprint density at radius 1 is 1.60 bits per heavy atom. The minimum atomic E-state index is -5.13. The zero-order chi connectivity index (χ0) is 8.36. The summed E-state index contributed by atoms with van der Waals surface area (Å²) in [4.78, 5) is 9.98. The van der Waals surface area contributed by atoms with Crippen LogP contribution in [0.25, 0.3) is 0 Å². The van der Waals surface area contributed by atoms with Crippen molar-refractivity contribution in [3.8, 4) is 0 Å². The minimum Gasteiger partial charge on any atom is -0.245 e. The molecule has 0 bridgehead atoms. The van der Waals surface area contributed by atoms with Crippen molar-refractivity contribution in [2.45, 2.75) is 0 Å². The number of carbonyl (C=O) groups excluding carboxylic acids is 1. The number of rotatable bonds is 1. The predicted molar refractivity (Wildman–Crippen MR) is 27.4 cm³/mol. The lowest BCUT2D eigenvalue weighted by atomic mass is 11.0. The molecule has 0 aromatic rings. The first-order valence-corrected chi connectivity index (χ1v) is 3.32. The summed E-state index contributed by atoms with van der Waals surface area (Å²) in [5, 5.41) is 0. The highest BCUT2D eigenvalue weighted by Crippen LogP contribution is 1.97. The molecular formula is C2H4F2N2O3S. The highest BCUT2D eigenvalue weighted by atomic mass is 32.3. The van der Waals surface area contributed by atoms with Gasteiger partial charge in [0.05, 0.1) is 0 Å². The lowest BCUT2D eigenvalue weighted by Crippen LogP contribution is -2.35. The SMILES string of the molecule is CN(C(=O)NF)S(=O)(=O)F. The van der Waals surface area contributed by atoms with E-state index in [2.05, 4.69) is 0 Å². The van der Waals surface area contributed by atoms with Crippen LogP contribution >= 0.6 is 0 Å². The minimum absolute atomic E-state index is 0.410. The molecule has 8 heteroatoms. The summed E-state index contributed by atoms with van der Waals surface area (Å²) in [5.41, 5.74) is 0.439. The van der Waals surface area contributed by atoms with Crippen LogP contribution in [0.15, 0.2) is 0 Å². The van der Waals surface area contributed by atoms with Crippen molar-refractivity contribution in [3.05, 3.63) is 0 Å². The Morgan fingerprint density at radius 2 is 2.00 bits per heavy atom. The van der Waals surface area contributed by atoms with Crippen LogP contribution in [0, 0.1) is 0 Å². The Bertz CT molecular complexity index is 225.